The zero-order valence-electron chi connectivity index (χ0n) is 11.1. The zero-order chi connectivity index (χ0) is 12.3. The summed E-state index contributed by atoms with van der Waals surface area (Å²) in [6.07, 6.45) is 17.8. The van der Waals surface area contributed by atoms with Crippen molar-refractivity contribution in [1.29, 1.82) is 0 Å². The van der Waals surface area contributed by atoms with Crippen molar-refractivity contribution in [3.63, 3.8) is 0 Å². The lowest BCUT2D eigenvalue weighted by atomic mass is 10.00. The first kappa shape index (κ1) is 12.4. The minimum atomic E-state index is 0.231. The van der Waals surface area contributed by atoms with Gasteiger partial charge in [-0.1, -0.05) is 48.6 Å². The molecule has 2 aliphatic rings. The zero-order valence-corrected chi connectivity index (χ0v) is 11.1. The highest BCUT2D eigenvalue weighted by Crippen LogP contribution is 2.22. The van der Waals surface area contributed by atoms with Gasteiger partial charge in [-0.3, -0.25) is 4.90 Å². The standard InChI is InChI=1S/C16H23N/c1-16(2,3)17(12-14-8-4-5-9-14)13-15-10-6-7-11-15/h4-11,14-15H,12-13H2,1-3H3. The Morgan fingerprint density at radius 1 is 0.765 bits per heavy atom. The monoisotopic (exact) mass is 229 g/mol. The second-order valence-electron chi connectivity index (χ2n) is 5.94. The van der Waals surface area contributed by atoms with Crippen LogP contribution in [0.1, 0.15) is 20.8 Å². The van der Waals surface area contributed by atoms with Gasteiger partial charge < -0.3 is 0 Å². The van der Waals surface area contributed by atoms with Crippen LogP contribution < -0.4 is 0 Å². The summed E-state index contributed by atoms with van der Waals surface area (Å²) in [5.41, 5.74) is 0.231. The summed E-state index contributed by atoms with van der Waals surface area (Å²) in [7, 11) is 0. The molecule has 0 aromatic heterocycles. The van der Waals surface area contributed by atoms with E-state index < -0.39 is 0 Å². The van der Waals surface area contributed by atoms with Crippen LogP contribution in [0.4, 0.5) is 0 Å². The van der Waals surface area contributed by atoms with Crippen LogP contribution in [0, 0.1) is 11.8 Å². The van der Waals surface area contributed by atoms with Crippen molar-refractivity contribution < 1.29 is 0 Å². The number of hydrogen-bond donors (Lipinski definition) is 0. The van der Waals surface area contributed by atoms with E-state index in [1.54, 1.807) is 0 Å². The van der Waals surface area contributed by atoms with Crippen molar-refractivity contribution in [1.82, 2.24) is 4.90 Å². The Labute approximate surface area is 105 Å². The lowest BCUT2D eigenvalue weighted by Crippen LogP contribution is -2.45. The molecule has 0 radical (unpaired) electrons. The third kappa shape index (κ3) is 3.44. The molecule has 0 aliphatic heterocycles. The molecule has 1 nitrogen and oxygen atoms in total. The molecule has 0 spiro atoms. The van der Waals surface area contributed by atoms with Gasteiger partial charge in [-0.15, -0.1) is 0 Å². The van der Waals surface area contributed by atoms with Crippen LogP contribution in [0.5, 0.6) is 0 Å². The number of allylic oxidation sites excluding steroid dienone is 4. The summed E-state index contributed by atoms with van der Waals surface area (Å²) in [6, 6.07) is 0. The molecule has 17 heavy (non-hydrogen) atoms. The predicted octanol–water partition coefficient (Wildman–Crippen LogP) is 3.57. The molecule has 0 fully saturated rings. The molecule has 0 bridgehead atoms. The molecule has 0 atom stereocenters. The Morgan fingerprint density at radius 3 is 1.41 bits per heavy atom. The van der Waals surface area contributed by atoms with Gasteiger partial charge in [0.25, 0.3) is 0 Å². The SMILES string of the molecule is CC(C)(C)N(CC1C=CC=C1)CC1C=CC=C1. The minimum Gasteiger partial charge on any atom is -0.297 e. The maximum atomic E-state index is 2.59. The van der Waals surface area contributed by atoms with E-state index >= 15 is 0 Å². The molecular formula is C16H23N. The molecular weight excluding hydrogens is 206 g/mol. The van der Waals surface area contributed by atoms with Gasteiger partial charge in [0.05, 0.1) is 0 Å². The minimum absolute atomic E-state index is 0.231. The third-order valence-electron chi connectivity index (χ3n) is 3.47. The molecule has 0 aromatic rings. The summed E-state index contributed by atoms with van der Waals surface area (Å²) in [4.78, 5) is 2.59. The Kier molecular flexibility index (Phi) is 3.68. The molecule has 1 heteroatoms. The van der Waals surface area contributed by atoms with E-state index in [4.69, 9.17) is 0 Å². The van der Waals surface area contributed by atoms with Crippen molar-refractivity contribution in [3.05, 3.63) is 48.6 Å². The van der Waals surface area contributed by atoms with Crippen LogP contribution in [-0.4, -0.2) is 23.5 Å². The van der Waals surface area contributed by atoms with Gasteiger partial charge >= 0.3 is 0 Å². The average Bonchev–Trinajstić information content (AvgIpc) is 2.87. The van der Waals surface area contributed by atoms with Gasteiger partial charge in [0.1, 0.15) is 0 Å². The lowest BCUT2D eigenvalue weighted by molar-refractivity contribution is 0.122. The summed E-state index contributed by atoms with van der Waals surface area (Å²) in [6.45, 7) is 9.15. The Balaban J connectivity index is 1.97. The van der Waals surface area contributed by atoms with Gasteiger partial charge in [0, 0.05) is 30.5 Å². The van der Waals surface area contributed by atoms with E-state index in [9.17, 15) is 0 Å². The average molecular weight is 229 g/mol. The first-order valence-electron chi connectivity index (χ1n) is 6.51. The number of hydrogen-bond acceptors (Lipinski definition) is 1. The van der Waals surface area contributed by atoms with Crippen molar-refractivity contribution in [2.45, 2.75) is 26.3 Å². The molecule has 0 N–H and O–H groups in total. The second-order valence-corrected chi connectivity index (χ2v) is 5.94. The molecule has 0 saturated carbocycles. The van der Waals surface area contributed by atoms with Crippen LogP contribution in [-0.2, 0) is 0 Å². The fourth-order valence-corrected chi connectivity index (χ4v) is 2.33. The van der Waals surface area contributed by atoms with Crippen molar-refractivity contribution in [2.75, 3.05) is 13.1 Å². The first-order valence-corrected chi connectivity index (χ1v) is 6.51. The molecule has 0 heterocycles. The normalized spacial score (nSPS) is 20.2. The highest BCUT2D eigenvalue weighted by Gasteiger charge is 2.25. The van der Waals surface area contributed by atoms with Gasteiger partial charge in [-0.05, 0) is 20.8 Å². The largest absolute Gasteiger partial charge is 0.297 e. The van der Waals surface area contributed by atoms with Crippen LogP contribution in [0.3, 0.4) is 0 Å². The molecule has 0 saturated heterocycles. The maximum absolute atomic E-state index is 2.59. The second kappa shape index (κ2) is 5.05. The topological polar surface area (TPSA) is 3.24 Å². The summed E-state index contributed by atoms with van der Waals surface area (Å²) >= 11 is 0. The smallest absolute Gasteiger partial charge is 0.0125 e. The summed E-state index contributed by atoms with van der Waals surface area (Å²) in [5, 5.41) is 0. The van der Waals surface area contributed by atoms with Gasteiger partial charge in [-0.25, -0.2) is 0 Å². The fourth-order valence-electron chi connectivity index (χ4n) is 2.33. The third-order valence-corrected chi connectivity index (χ3v) is 3.47. The predicted molar refractivity (Wildman–Crippen MR) is 74.9 cm³/mol. The van der Waals surface area contributed by atoms with Crippen LogP contribution in [0.2, 0.25) is 0 Å². The van der Waals surface area contributed by atoms with Crippen LogP contribution in [0.25, 0.3) is 0 Å². The van der Waals surface area contributed by atoms with E-state index in [-0.39, 0.29) is 5.54 Å². The number of nitrogens with zero attached hydrogens (tertiary/aromatic N) is 1. The van der Waals surface area contributed by atoms with Gasteiger partial charge in [0.2, 0.25) is 0 Å². The van der Waals surface area contributed by atoms with Gasteiger partial charge in [0.15, 0.2) is 0 Å². The Hall–Kier alpha value is -1.08. The maximum Gasteiger partial charge on any atom is 0.0125 e. The van der Waals surface area contributed by atoms with E-state index in [2.05, 4.69) is 74.3 Å². The molecule has 92 valence electrons. The van der Waals surface area contributed by atoms with Gasteiger partial charge in [-0.2, -0.15) is 0 Å². The van der Waals surface area contributed by atoms with E-state index in [1.807, 2.05) is 0 Å². The molecule has 2 aliphatic carbocycles. The first-order chi connectivity index (χ1) is 8.05. The highest BCUT2D eigenvalue weighted by molar-refractivity contribution is 5.20. The molecule has 2 rings (SSSR count). The lowest BCUT2D eigenvalue weighted by Gasteiger charge is -2.38. The molecule has 0 unspecified atom stereocenters. The Bertz CT molecular complexity index is 311. The van der Waals surface area contributed by atoms with Crippen molar-refractivity contribution in [2.24, 2.45) is 11.8 Å². The quantitative estimate of drug-likeness (QED) is 0.712. The van der Waals surface area contributed by atoms with E-state index in [0.717, 1.165) is 13.1 Å². The number of rotatable bonds is 4. The summed E-state index contributed by atoms with van der Waals surface area (Å²) in [5.74, 6) is 1.17. The Morgan fingerprint density at radius 2 is 1.12 bits per heavy atom. The van der Waals surface area contributed by atoms with E-state index in [0.29, 0.717) is 11.8 Å². The fraction of sp³-hybridized carbons (Fsp3) is 0.500. The van der Waals surface area contributed by atoms with E-state index in [1.165, 1.54) is 0 Å². The van der Waals surface area contributed by atoms with Crippen LogP contribution >= 0.6 is 0 Å². The molecule has 0 amide bonds. The van der Waals surface area contributed by atoms with Crippen LogP contribution in [0.15, 0.2) is 48.6 Å². The molecule has 0 aromatic carbocycles. The van der Waals surface area contributed by atoms with Crippen molar-refractivity contribution >= 4 is 0 Å². The summed E-state index contributed by atoms with van der Waals surface area (Å²) < 4.78 is 0. The van der Waals surface area contributed by atoms with Crippen molar-refractivity contribution in [3.8, 4) is 0 Å². The highest BCUT2D eigenvalue weighted by atomic mass is 15.2.